The molecule has 2 unspecified atom stereocenters. The van der Waals surface area contributed by atoms with Crippen LogP contribution in [0.25, 0.3) is 0 Å². The third-order valence-corrected chi connectivity index (χ3v) is 4.79. The predicted molar refractivity (Wildman–Crippen MR) is 78.6 cm³/mol. The van der Waals surface area contributed by atoms with Crippen molar-refractivity contribution in [1.29, 1.82) is 0 Å². The Balaban J connectivity index is 1.65. The minimum atomic E-state index is -0.127. The summed E-state index contributed by atoms with van der Waals surface area (Å²) in [5, 5.41) is 4.11. The van der Waals surface area contributed by atoms with Crippen molar-refractivity contribution in [3.05, 3.63) is 11.7 Å². The summed E-state index contributed by atoms with van der Waals surface area (Å²) in [7, 11) is 0. The van der Waals surface area contributed by atoms with Gasteiger partial charge in [0, 0.05) is 13.1 Å². The fourth-order valence-corrected chi connectivity index (χ4v) is 3.35. The van der Waals surface area contributed by atoms with Crippen molar-refractivity contribution in [2.24, 2.45) is 11.7 Å². The topological polar surface area (TPSA) is 77.4 Å². The van der Waals surface area contributed by atoms with Crippen LogP contribution in [0.5, 0.6) is 0 Å². The van der Waals surface area contributed by atoms with Gasteiger partial charge in [-0.1, -0.05) is 31.3 Å². The molecule has 0 radical (unpaired) electrons. The first-order valence-electron chi connectivity index (χ1n) is 8.21. The van der Waals surface area contributed by atoms with Gasteiger partial charge in [0.1, 0.15) is 6.10 Å². The number of rotatable bonds is 4. The van der Waals surface area contributed by atoms with Crippen LogP contribution in [-0.2, 0) is 4.74 Å². The van der Waals surface area contributed by atoms with Crippen molar-refractivity contribution in [2.75, 3.05) is 26.2 Å². The average molecular weight is 294 g/mol. The standard InChI is InChI=1S/C15H26N4O2/c1-2-19-8-9-20-12(10-19)14-17-15(21-18-14)13(16)11-6-4-3-5-7-11/h11-13H,2-10,16H2,1H3. The second-order valence-corrected chi connectivity index (χ2v) is 6.17. The Labute approximate surface area is 126 Å². The van der Waals surface area contributed by atoms with Crippen LogP contribution in [0.1, 0.15) is 62.9 Å². The maximum Gasteiger partial charge on any atom is 0.243 e. The van der Waals surface area contributed by atoms with Crippen LogP contribution < -0.4 is 5.73 Å². The molecule has 0 aromatic carbocycles. The number of morpholine rings is 1. The maximum absolute atomic E-state index is 6.32. The maximum atomic E-state index is 6.32. The highest BCUT2D eigenvalue weighted by Crippen LogP contribution is 2.32. The summed E-state index contributed by atoms with van der Waals surface area (Å²) < 4.78 is 11.2. The zero-order valence-electron chi connectivity index (χ0n) is 12.8. The first-order valence-corrected chi connectivity index (χ1v) is 8.21. The molecule has 6 nitrogen and oxygen atoms in total. The van der Waals surface area contributed by atoms with Crippen LogP contribution in [0, 0.1) is 5.92 Å². The molecule has 2 heterocycles. The molecule has 6 heteroatoms. The SMILES string of the molecule is CCN1CCOC(c2noc(C(N)C3CCCCC3)n2)C1. The summed E-state index contributed by atoms with van der Waals surface area (Å²) in [6.07, 6.45) is 6.09. The predicted octanol–water partition coefficient (Wildman–Crippen LogP) is 2.04. The van der Waals surface area contributed by atoms with E-state index in [0.29, 0.717) is 17.6 Å². The quantitative estimate of drug-likeness (QED) is 0.915. The van der Waals surface area contributed by atoms with Gasteiger partial charge in [0.15, 0.2) is 0 Å². The molecule has 1 saturated carbocycles. The molecule has 2 fully saturated rings. The zero-order valence-corrected chi connectivity index (χ0v) is 12.8. The highest BCUT2D eigenvalue weighted by Gasteiger charge is 2.29. The van der Waals surface area contributed by atoms with Crippen molar-refractivity contribution in [2.45, 2.75) is 51.2 Å². The monoisotopic (exact) mass is 294 g/mol. The summed E-state index contributed by atoms with van der Waals surface area (Å²) in [6, 6.07) is -0.127. The second kappa shape index (κ2) is 6.85. The van der Waals surface area contributed by atoms with E-state index in [-0.39, 0.29) is 12.1 Å². The normalized spacial score (nSPS) is 26.9. The molecule has 1 aliphatic heterocycles. The summed E-state index contributed by atoms with van der Waals surface area (Å²) in [5.74, 6) is 1.70. The molecular weight excluding hydrogens is 268 g/mol. The van der Waals surface area contributed by atoms with Gasteiger partial charge < -0.3 is 15.0 Å². The van der Waals surface area contributed by atoms with Gasteiger partial charge >= 0.3 is 0 Å². The van der Waals surface area contributed by atoms with Gasteiger partial charge in [-0.15, -0.1) is 0 Å². The lowest BCUT2D eigenvalue weighted by Gasteiger charge is -2.30. The van der Waals surface area contributed by atoms with E-state index in [1.807, 2.05) is 0 Å². The van der Waals surface area contributed by atoms with E-state index < -0.39 is 0 Å². The first-order chi connectivity index (χ1) is 10.3. The minimum absolute atomic E-state index is 0.0882. The van der Waals surface area contributed by atoms with E-state index in [2.05, 4.69) is 22.0 Å². The Morgan fingerprint density at radius 1 is 1.33 bits per heavy atom. The van der Waals surface area contributed by atoms with Crippen LogP contribution in [0.3, 0.4) is 0 Å². The third-order valence-electron chi connectivity index (χ3n) is 4.79. The van der Waals surface area contributed by atoms with E-state index in [1.165, 1.54) is 32.1 Å². The molecule has 3 rings (SSSR count). The molecule has 1 aromatic rings. The van der Waals surface area contributed by atoms with Crippen molar-refractivity contribution in [1.82, 2.24) is 15.0 Å². The fraction of sp³-hybridized carbons (Fsp3) is 0.867. The smallest absolute Gasteiger partial charge is 0.243 e. The Bertz CT molecular complexity index is 428. The highest BCUT2D eigenvalue weighted by atomic mass is 16.5. The molecular formula is C15H26N4O2. The summed E-state index contributed by atoms with van der Waals surface area (Å²) >= 11 is 0. The zero-order chi connectivity index (χ0) is 14.7. The first kappa shape index (κ1) is 14.9. The largest absolute Gasteiger partial charge is 0.367 e. The lowest BCUT2D eigenvalue weighted by atomic mass is 9.84. The third kappa shape index (κ3) is 3.44. The lowest BCUT2D eigenvalue weighted by Crippen LogP contribution is -2.38. The molecule has 118 valence electrons. The van der Waals surface area contributed by atoms with Gasteiger partial charge in [-0.05, 0) is 25.3 Å². The van der Waals surface area contributed by atoms with Gasteiger partial charge in [0.05, 0.1) is 12.6 Å². The number of nitrogens with zero attached hydrogens (tertiary/aromatic N) is 3. The molecule has 2 atom stereocenters. The van der Waals surface area contributed by atoms with Gasteiger partial charge in [-0.2, -0.15) is 4.98 Å². The van der Waals surface area contributed by atoms with Crippen molar-refractivity contribution in [3.63, 3.8) is 0 Å². The van der Waals surface area contributed by atoms with Crippen LogP contribution in [0.4, 0.5) is 0 Å². The molecule has 21 heavy (non-hydrogen) atoms. The number of hydrogen-bond donors (Lipinski definition) is 1. The molecule has 1 aliphatic carbocycles. The Morgan fingerprint density at radius 3 is 2.90 bits per heavy atom. The minimum Gasteiger partial charge on any atom is -0.367 e. The number of likely N-dealkylation sites (N-methyl/N-ethyl adjacent to an activating group) is 1. The fourth-order valence-electron chi connectivity index (χ4n) is 3.35. The number of ether oxygens (including phenoxy) is 1. The van der Waals surface area contributed by atoms with Gasteiger partial charge in [-0.3, -0.25) is 4.90 Å². The summed E-state index contributed by atoms with van der Waals surface area (Å²) in [6.45, 7) is 5.69. The number of nitrogens with two attached hydrogens (primary N) is 1. The Kier molecular flexibility index (Phi) is 4.87. The second-order valence-electron chi connectivity index (χ2n) is 6.17. The lowest BCUT2D eigenvalue weighted by molar-refractivity contribution is -0.0334. The van der Waals surface area contributed by atoms with Gasteiger partial charge in [0.2, 0.25) is 11.7 Å². The van der Waals surface area contributed by atoms with Crippen molar-refractivity contribution >= 4 is 0 Å². The van der Waals surface area contributed by atoms with Crippen molar-refractivity contribution < 1.29 is 9.26 Å². The number of aromatic nitrogens is 2. The van der Waals surface area contributed by atoms with Crippen molar-refractivity contribution in [3.8, 4) is 0 Å². The molecule has 2 N–H and O–H groups in total. The molecule has 0 amide bonds. The Morgan fingerprint density at radius 2 is 2.14 bits per heavy atom. The summed E-state index contributed by atoms with van der Waals surface area (Å²) in [4.78, 5) is 6.86. The Hall–Kier alpha value is -0.980. The number of hydrogen-bond acceptors (Lipinski definition) is 6. The van der Waals surface area contributed by atoms with Crippen LogP contribution in [0.2, 0.25) is 0 Å². The summed E-state index contributed by atoms with van der Waals surface area (Å²) in [5.41, 5.74) is 6.32. The van der Waals surface area contributed by atoms with E-state index in [0.717, 1.165) is 26.2 Å². The van der Waals surface area contributed by atoms with E-state index in [4.69, 9.17) is 15.0 Å². The molecule has 0 bridgehead atoms. The van der Waals surface area contributed by atoms with E-state index >= 15 is 0 Å². The van der Waals surface area contributed by atoms with E-state index in [1.54, 1.807) is 0 Å². The van der Waals surface area contributed by atoms with Crippen LogP contribution >= 0.6 is 0 Å². The van der Waals surface area contributed by atoms with Crippen LogP contribution in [-0.4, -0.2) is 41.3 Å². The molecule has 2 aliphatic rings. The van der Waals surface area contributed by atoms with Gasteiger partial charge in [-0.25, -0.2) is 0 Å². The average Bonchev–Trinajstić information content (AvgIpc) is 3.05. The van der Waals surface area contributed by atoms with E-state index in [9.17, 15) is 0 Å². The molecule has 1 aromatic heterocycles. The van der Waals surface area contributed by atoms with Crippen LogP contribution in [0.15, 0.2) is 4.52 Å². The molecule has 0 spiro atoms. The molecule has 1 saturated heterocycles. The highest BCUT2D eigenvalue weighted by molar-refractivity contribution is 4.99. The van der Waals surface area contributed by atoms with Gasteiger partial charge in [0.25, 0.3) is 0 Å².